The minimum Gasteiger partial charge on any atom is -0.493 e. The molecule has 3 nitrogen and oxygen atoms in total. The van der Waals surface area contributed by atoms with Crippen LogP contribution in [0.4, 0.5) is 4.39 Å². The Morgan fingerprint density at radius 1 is 1.09 bits per heavy atom. The first-order valence-corrected chi connectivity index (χ1v) is 7.24. The number of benzene rings is 2. The first-order valence-electron chi connectivity index (χ1n) is 6.44. The minimum absolute atomic E-state index is 0.207. The lowest BCUT2D eigenvalue weighted by Gasteiger charge is -2.09. The largest absolute Gasteiger partial charge is 0.493 e. The number of ketones is 1. The van der Waals surface area contributed by atoms with Gasteiger partial charge >= 0.3 is 0 Å². The number of carbonyl (C=O) groups excluding carboxylic acids is 1. The van der Waals surface area contributed by atoms with Crippen molar-refractivity contribution in [2.24, 2.45) is 0 Å². The molecule has 22 heavy (non-hydrogen) atoms. The van der Waals surface area contributed by atoms with E-state index in [4.69, 9.17) is 9.47 Å². The highest BCUT2D eigenvalue weighted by Crippen LogP contribution is 2.33. The summed E-state index contributed by atoms with van der Waals surface area (Å²) in [5.74, 6) is 0.584. The molecule has 0 saturated heterocycles. The zero-order valence-electron chi connectivity index (χ0n) is 12.1. The van der Waals surface area contributed by atoms with Gasteiger partial charge in [0.15, 0.2) is 17.3 Å². The first-order chi connectivity index (χ1) is 10.5. The van der Waals surface area contributed by atoms with E-state index in [1.165, 1.54) is 30.3 Å². The Morgan fingerprint density at radius 2 is 1.68 bits per heavy atom. The molecule has 2 aromatic carbocycles. The van der Waals surface area contributed by atoms with E-state index < -0.39 is 0 Å². The van der Waals surface area contributed by atoms with Gasteiger partial charge in [-0.25, -0.2) is 4.39 Å². The van der Waals surface area contributed by atoms with E-state index in [0.717, 1.165) is 10.0 Å². The van der Waals surface area contributed by atoms with E-state index in [1.54, 1.807) is 32.4 Å². The summed E-state index contributed by atoms with van der Waals surface area (Å²) in [6.45, 7) is 0. The van der Waals surface area contributed by atoms with E-state index >= 15 is 0 Å². The van der Waals surface area contributed by atoms with Crippen molar-refractivity contribution in [1.82, 2.24) is 0 Å². The number of halogens is 2. The Balaban J connectivity index is 2.26. The lowest BCUT2D eigenvalue weighted by atomic mass is 10.1. The third-order valence-corrected chi connectivity index (χ3v) is 3.73. The van der Waals surface area contributed by atoms with E-state index in [9.17, 15) is 9.18 Å². The van der Waals surface area contributed by atoms with Crippen molar-refractivity contribution < 1.29 is 18.7 Å². The molecule has 0 aliphatic rings. The second-order valence-electron chi connectivity index (χ2n) is 4.43. The van der Waals surface area contributed by atoms with Crippen LogP contribution >= 0.6 is 15.9 Å². The van der Waals surface area contributed by atoms with Gasteiger partial charge in [0.1, 0.15) is 5.82 Å². The quantitative estimate of drug-likeness (QED) is 0.578. The van der Waals surface area contributed by atoms with Crippen LogP contribution in [0, 0.1) is 5.82 Å². The molecule has 0 N–H and O–H groups in total. The highest BCUT2D eigenvalue weighted by atomic mass is 79.9. The topological polar surface area (TPSA) is 35.5 Å². The maximum absolute atomic E-state index is 12.8. The summed E-state index contributed by atoms with van der Waals surface area (Å²) in [4.78, 5) is 12.0. The lowest BCUT2D eigenvalue weighted by Crippen LogP contribution is -1.95. The molecule has 114 valence electrons. The molecular formula is C17H14BrFO3. The molecule has 0 unspecified atom stereocenters. The van der Waals surface area contributed by atoms with Crippen LogP contribution in [0.15, 0.2) is 46.9 Å². The molecule has 0 amide bonds. The standard InChI is InChI=1S/C17H14BrFO3/c1-21-16-9-12(14(18)10-17(16)22-2)5-8-15(20)11-3-6-13(19)7-4-11/h3-10H,1-2H3/b8-5+. The molecule has 0 radical (unpaired) electrons. The second kappa shape index (κ2) is 7.22. The summed E-state index contributed by atoms with van der Waals surface area (Å²) in [6, 6.07) is 8.94. The number of allylic oxidation sites excluding steroid dienone is 1. The van der Waals surface area contributed by atoms with E-state index in [1.807, 2.05) is 0 Å². The predicted molar refractivity (Wildman–Crippen MR) is 87.0 cm³/mol. The van der Waals surface area contributed by atoms with Crippen LogP contribution in [-0.2, 0) is 0 Å². The summed E-state index contributed by atoms with van der Waals surface area (Å²) in [6.07, 6.45) is 3.09. The van der Waals surface area contributed by atoms with Crippen LogP contribution in [0.2, 0.25) is 0 Å². The van der Waals surface area contributed by atoms with E-state index in [2.05, 4.69) is 15.9 Å². The van der Waals surface area contributed by atoms with Crippen molar-refractivity contribution in [3.63, 3.8) is 0 Å². The molecule has 2 aromatic rings. The molecule has 0 aliphatic heterocycles. The van der Waals surface area contributed by atoms with Gasteiger partial charge in [0, 0.05) is 10.0 Å². The monoisotopic (exact) mass is 364 g/mol. The van der Waals surface area contributed by atoms with Crippen LogP contribution in [0.25, 0.3) is 6.08 Å². The first kappa shape index (κ1) is 16.2. The molecule has 0 bridgehead atoms. The van der Waals surface area contributed by atoms with Gasteiger partial charge in [-0.2, -0.15) is 0 Å². The normalized spacial score (nSPS) is 10.7. The summed E-state index contributed by atoms with van der Waals surface area (Å²) in [5, 5.41) is 0. The molecular weight excluding hydrogens is 351 g/mol. The molecule has 2 rings (SSSR count). The van der Waals surface area contributed by atoms with Gasteiger partial charge in [0.05, 0.1) is 14.2 Å². The summed E-state index contributed by atoms with van der Waals surface area (Å²) in [5.41, 5.74) is 1.20. The van der Waals surface area contributed by atoms with Gasteiger partial charge in [0.2, 0.25) is 0 Å². The number of hydrogen-bond acceptors (Lipinski definition) is 3. The summed E-state index contributed by atoms with van der Waals surface area (Å²) in [7, 11) is 3.10. The van der Waals surface area contributed by atoms with Crippen molar-refractivity contribution in [3.05, 3.63) is 63.9 Å². The van der Waals surface area contributed by atoms with Crippen molar-refractivity contribution >= 4 is 27.8 Å². The highest BCUT2D eigenvalue weighted by Gasteiger charge is 2.08. The fraction of sp³-hybridized carbons (Fsp3) is 0.118. The van der Waals surface area contributed by atoms with Crippen molar-refractivity contribution in [2.45, 2.75) is 0 Å². The Morgan fingerprint density at radius 3 is 2.27 bits per heavy atom. The molecule has 5 heteroatoms. The molecule has 0 spiro atoms. The van der Waals surface area contributed by atoms with Gasteiger partial charge in [-0.3, -0.25) is 4.79 Å². The predicted octanol–water partition coefficient (Wildman–Crippen LogP) is 4.50. The Bertz CT molecular complexity index is 709. The molecule has 0 aliphatic carbocycles. The number of rotatable bonds is 5. The minimum atomic E-state index is -0.372. The van der Waals surface area contributed by atoms with Gasteiger partial charge in [-0.05, 0) is 54.1 Å². The molecule has 0 saturated carbocycles. The fourth-order valence-electron chi connectivity index (χ4n) is 1.87. The zero-order valence-corrected chi connectivity index (χ0v) is 13.7. The maximum Gasteiger partial charge on any atom is 0.185 e. The third kappa shape index (κ3) is 3.74. The van der Waals surface area contributed by atoms with Gasteiger partial charge in [-0.1, -0.05) is 15.9 Å². The second-order valence-corrected chi connectivity index (χ2v) is 5.29. The van der Waals surface area contributed by atoms with Crippen LogP contribution in [0.5, 0.6) is 11.5 Å². The molecule has 0 atom stereocenters. The molecule has 0 heterocycles. The summed E-state index contributed by atoms with van der Waals surface area (Å²) < 4.78 is 24.0. The van der Waals surface area contributed by atoms with Gasteiger partial charge in [0.25, 0.3) is 0 Å². The van der Waals surface area contributed by atoms with Crippen LogP contribution in [-0.4, -0.2) is 20.0 Å². The average molecular weight is 365 g/mol. The molecule has 0 aromatic heterocycles. The Hall–Kier alpha value is -2.14. The Labute approximate surface area is 136 Å². The number of carbonyl (C=O) groups is 1. The molecule has 0 fully saturated rings. The maximum atomic E-state index is 12.8. The zero-order chi connectivity index (χ0) is 16.1. The van der Waals surface area contributed by atoms with E-state index in [0.29, 0.717) is 17.1 Å². The number of methoxy groups -OCH3 is 2. The van der Waals surface area contributed by atoms with Crippen LogP contribution in [0.1, 0.15) is 15.9 Å². The van der Waals surface area contributed by atoms with Crippen LogP contribution in [0.3, 0.4) is 0 Å². The number of hydrogen-bond donors (Lipinski definition) is 0. The SMILES string of the molecule is COc1cc(Br)c(/C=C/C(=O)c2ccc(F)cc2)cc1OC. The smallest absolute Gasteiger partial charge is 0.185 e. The third-order valence-electron chi connectivity index (χ3n) is 3.05. The van der Waals surface area contributed by atoms with E-state index in [-0.39, 0.29) is 11.6 Å². The van der Waals surface area contributed by atoms with Crippen molar-refractivity contribution in [2.75, 3.05) is 14.2 Å². The van der Waals surface area contributed by atoms with Crippen LogP contribution < -0.4 is 9.47 Å². The van der Waals surface area contributed by atoms with Gasteiger partial charge < -0.3 is 9.47 Å². The van der Waals surface area contributed by atoms with Crippen molar-refractivity contribution in [1.29, 1.82) is 0 Å². The Kier molecular flexibility index (Phi) is 5.33. The highest BCUT2D eigenvalue weighted by molar-refractivity contribution is 9.10. The van der Waals surface area contributed by atoms with Crippen molar-refractivity contribution in [3.8, 4) is 11.5 Å². The fourth-order valence-corrected chi connectivity index (χ4v) is 2.33. The van der Waals surface area contributed by atoms with Gasteiger partial charge in [-0.15, -0.1) is 0 Å². The number of ether oxygens (including phenoxy) is 2. The average Bonchev–Trinajstić information content (AvgIpc) is 2.53. The summed E-state index contributed by atoms with van der Waals surface area (Å²) >= 11 is 3.42. The lowest BCUT2D eigenvalue weighted by molar-refractivity contribution is 0.104.